The fraction of sp³-hybridized carbons (Fsp3) is 0.133. The number of imidazole rings is 1. The van der Waals surface area contributed by atoms with Gasteiger partial charge in [0, 0.05) is 11.8 Å². The highest BCUT2D eigenvalue weighted by molar-refractivity contribution is 5.64. The van der Waals surface area contributed by atoms with E-state index in [1.807, 2.05) is 30.5 Å². The normalized spacial score (nSPS) is 10.8. The van der Waals surface area contributed by atoms with Crippen molar-refractivity contribution in [3.63, 3.8) is 0 Å². The monoisotopic (exact) mass is 238 g/mol. The van der Waals surface area contributed by atoms with E-state index >= 15 is 0 Å². The summed E-state index contributed by atoms with van der Waals surface area (Å²) >= 11 is 0. The largest absolute Gasteiger partial charge is 0.497 e. The first kappa shape index (κ1) is 10.8. The van der Waals surface area contributed by atoms with Gasteiger partial charge in [0.25, 0.3) is 0 Å². The molecule has 3 rings (SSSR count). The standard InChI is InChI=1S/C15H14N2O/c1-11-7-8-17-14(10-16-15(17)9-11)12-3-5-13(18-2)6-4-12/h3-10H,1-2H3. The van der Waals surface area contributed by atoms with E-state index < -0.39 is 0 Å². The van der Waals surface area contributed by atoms with E-state index in [1.54, 1.807) is 7.11 Å². The lowest BCUT2D eigenvalue weighted by Gasteiger charge is -2.04. The van der Waals surface area contributed by atoms with Crippen molar-refractivity contribution in [3.05, 3.63) is 54.4 Å². The van der Waals surface area contributed by atoms with Crippen molar-refractivity contribution in [2.24, 2.45) is 0 Å². The van der Waals surface area contributed by atoms with E-state index in [0.29, 0.717) is 0 Å². The lowest BCUT2D eigenvalue weighted by Crippen LogP contribution is -1.89. The lowest BCUT2D eigenvalue weighted by molar-refractivity contribution is 0.415. The van der Waals surface area contributed by atoms with Gasteiger partial charge in [-0.1, -0.05) is 0 Å². The van der Waals surface area contributed by atoms with Gasteiger partial charge >= 0.3 is 0 Å². The summed E-state index contributed by atoms with van der Waals surface area (Å²) in [5.41, 5.74) is 4.41. The molecule has 0 saturated heterocycles. The van der Waals surface area contributed by atoms with Gasteiger partial charge in [0.15, 0.2) is 0 Å². The molecule has 2 heterocycles. The maximum atomic E-state index is 5.17. The quantitative estimate of drug-likeness (QED) is 0.684. The maximum absolute atomic E-state index is 5.17. The molecule has 3 heteroatoms. The van der Waals surface area contributed by atoms with Crippen LogP contribution in [0.4, 0.5) is 0 Å². The Kier molecular flexibility index (Phi) is 2.52. The minimum atomic E-state index is 0.864. The lowest BCUT2D eigenvalue weighted by atomic mass is 10.1. The van der Waals surface area contributed by atoms with Gasteiger partial charge in [-0.2, -0.15) is 0 Å². The van der Waals surface area contributed by atoms with Crippen molar-refractivity contribution in [2.75, 3.05) is 7.11 Å². The zero-order valence-corrected chi connectivity index (χ0v) is 10.4. The van der Waals surface area contributed by atoms with Crippen LogP contribution in [0.3, 0.4) is 0 Å². The van der Waals surface area contributed by atoms with Crippen molar-refractivity contribution < 1.29 is 4.74 Å². The molecule has 0 aliphatic carbocycles. The van der Waals surface area contributed by atoms with Gasteiger partial charge < -0.3 is 4.74 Å². The predicted molar refractivity (Wildman–Crippen MR) is 71.9 cm³/mol. The van der Waals surface area contributed by atoms with Crippen LogP contribution in [0.1, 0.15) is 5.56 Å². The highest BCUT2D eigenvalue weighted by Crippen LogP contribution is 2.23. The van der Waals surface area contributed by atoms with Gasteiger partial charge in [-0.25, -0.2) is 4.98 Å². The Labute approximate surface area is 106 Å². The van der Waals surface area contributed by atoms with Crippen LogP contribution in [-0.4, -0.2) is 16.5 Å². The fourth-order valence-corrected chi connectivity index (χ4v) is 2.06. The van der Waals surface area contributed by atoms with E-state index in [2.05, 4.69) is 34.6 Å². The van der Waals surface area contributed by atoms with Gasteiger partial charge in [0.2, 0.25) is 0 Å². The Morgan fingerprint density at radius 1 is 1.11 bits per heavy atom. The summed E-state index contributed by atoms with van der Waals surface area (Å²) in [6.45, 7) is 2.07. The topological polar surface area (TPSA) is 26.5 Å². The van der Waals surface area contributed by atoms with Crippen LogP contribution in [0, 0.1) is 6.92 Å². The molecule has 0 radical (unpaired) electrons. The second kappa shape index (κ2) is 4.18. The SMILES string of the molecule is COc1ccc(-c2cnc3cc(C)ccn23)cc1. The van der Waals surface area contributed by atoms with Crippen LogP contribution >= 0.6 is 0 Å². The minimum Gasteiger partial charge on any atom is -0.497 e. The molecule has 0 aliphatic heterocycles. The number of methoxy groups -OCH3 is 1. The zero-order valence-electron chi connectivity index (χ0n) is 10.4. The summed E-state index contributed by atoms with van der Waals surface area (Å²) in [7, 11) is 1.67. The van der Waals surface area contributed by atoms with E-state index in [0.717, 1.165) is 22.7 Å². The zero-order chi connectivity index (χ0) is 12.5. The second-order valence-electron chi connectivity index (χ2n) is 4.30. The van der Waals surface area contributed by atoms with Crippen molar-refractivity contribution in [3.8, 4) is 17.0 Å². The first-order chi connectivity index (χ1) is 8.78. The molecule has 0 saturated carbocycles. The maximum Gasteiger partial charge on any atom is 0.137 e. The van der Waals surface area contributed by atoms with Gasteiger partial charge in [-0.05, 0) is 48.9 Å². The number of nitrogens with zero attached hydrogens (tertiary/aromatic N) is 2. The molecular formula is C15H14N2O. The molecule has 0 fully saturated rings. The molecule has 3 nitrogen and oxygen atoms in total. The Balaban J connectivity index is 2.13. The molecule has 0 amide bonds. The van der Waals surface area contributed by atoms with Gasteiger partial charge in [-0.3, -0.25) is 4.40 Å². The van der Waals surface area contributed by atoms with Gasteiger partial charge in [0.1, 0.15) is 11.4 Å². The Morgan fingerprint density at radius 3 is 2.61 bits per heavy atom. The minimum absolute atomic E-state index is 0.864. The Morgan fingerprint density at radius 2 is 1.89 bits per heavy atom. The van der Waals surface area contributed by atoms with Crippen molar-refractivity contribution in [2.45, 2.75) is 6.92 Å². The number of pyridine rings is 1. The smallest absolute Gasteiger partial charge is 0.137 e. The van der Waals surface area contributed by atoms with E-state index in [9.17, 15) is 0 Å². The van der Waals surface area contributed by atoms with Crippen molar-refractivity contribution in [1.29, 1.82) is 0 Å². The first-order valence-electron chi connectivity index (χ1n) is 5.86. The van der Waals surface area contributed by atoms with E-state index in [-0.39, 0.29) is 0 Å². The molecule has 0 N–H and O–H groups in total. The van der Waals surface area contributed by atoms with Crippen LogP contribution < -0.4 is 4.74 Å². The van der Waals surface area contributed by atoms with Crippen LogP contribution in [0.25, 0.3) is 16.9 Å². The molecule has 0 spiro atoms. The predicted octanol–water partition coefficient (Wildman–Crippen LogP) is 3.32. The van der Waals surface area contributed by atoms with Crippen molar-refractivity contribution >= 4 is 5.65 Å². The number of hydrogen-bond donors (Lipinski definition) is 0. The Hall–Kier alpha value is -2.29. The third-order valence-corrected chi connectivity index (χ3v) is 3.05. The number of rotatable bonds is 2. The molecule has 1 aromatic carbocycles. The number of ether oxygens (including phenoxy) is 1. The average molecular weight is 238 g/mol. The number of benzene rings is 1. The van der Waals surface area contributed by atoms with Crippen LogP contribution in [-0.2, 0) is 0 Å². The number of aromatic nitrogens is 2. The molecule has 3 aromatic rings. The van der Waals surface area contributed by atoms with Gasteiger partial charge in [-0.15, -0.1) is 0 Å². The number of fused-ring (bicyclic) bond motifs is 1. The molecule has 0 bridgehead atoms. The molecule has 18 heavy (non-hydrogen) atoms. The second-order valence-corrected chi connectivity index (χ2v) is 4.30. The fourth-order valence-electron chi connectivity index (χ4n) is 2.06. The number of hydrogen-bond acceptors (Lipinski definition) is 2. The third-order valence-electron chi connectivity index (χ3n) is 3.05. The van der Waals surface area contributed by atoms with Crippen LogP contribution in [0.2, 0.25) is 0 Å². The third kappa shape index (κ3) is 1.74. The summed E-state index contributed by atoms with van der Waals surface area (Å²) in [5, 5.41) is 0. The molecule has 90 valence electrons. The number of aryl methyl sites for hydroxylation is 1. The average Bonchev–Trinajstić information content (AvgIpc) is 2.81. The van der Waals surface area contributed by atoms with Crippen molar-refractivity contribution in [1.82, 2.24) is 9.38 Å². The summed E-state index contributed by atoms with van der Waals surface area (Å²) in [6.07, 6.45) is 3.95. The molecule has 0 aliphatic rings. The summed E-state index contributed by atoms with van der Waals surface area (Å²) in [6, 6.07) is 12.2. The van der Waals surface area contributed by atoms with Crippen LogP contribution in [0.5, 0.6) is 5.75 Å². The first-order valence-corrected chi connectivity index (χ1v) is 5.86. The highest BCUT2D eigenvalue weighted by Gasteiger charge is 2.05. The summed E-state index contributed by atoms with van der Waals surface area (Å²) < 4.78 is 7.26. The van der Waals surface area contributed by atoms with Crippen LogP contribution in [0.15, 0.2) is 48.8 Å². The molecule has 2 aromatic heterocycles. The van der Waals surface area contributed by atoms with E-state index in [4.69, 9.17) is 4.74 Å². The summed E-state index contributed by atoms with van der Waals surface area (Å²) in [4.78, 5) is 4.43. The molecular weight excluding hydrogens is 224 g/mol. The summed E-state index contributed by atoms with van der Waals surface area (Å²) in [5.74, 6) is 0.864. The highest BCUT2D eigenvalue weighted by atomic mass is 16.5. The Bertz CT molecular complexity index is 683. The van der Waals surface area contributed by atoms with Gasteiger partial charge in [0.05, 0.1) is 19.0 Å². The molecule has 0 atom stereocenters. The molecule has 0 unspecified atom stereocenters. The van der Waals surface area contributed by atoms with E-state index in [1.165, 1.54) is 5.56 Å².